The number of hydrogen-bond donors (Lipinski definition) is 0. The molecule has 1 amide bonds. The molecule has 3 aliphatic rings. The first-order valence-corrected chi connectivity index (χ1v) is 10.1. The summed E-state index contributed by atoms with van der Waals surface area (Å²) in [7, 11) is 0. The number of rotatable bonds is 4. The third-order valence-corrected chi connectivity index (χ3v) is 5.64. The van der Waals surface area contributed by atoms with E-state index in [1.54, 1.807) is 0 Å². The summed E-state index contributed by atoms with van der Waals surface area (Å²) in [6, 6.07) is 2.06. The average Bonchev–Trinajstić information content (AvgIpc) is 3.24. The van der Waals surface area contributed by atoms with Crippen molar-refractivity contribution in [3.63, 3.8) is 0 Å². The van der Waals surface area contributed by atoms with Crippen LogP contribution in [0.3, 0.4) is 0 Å². The van der Waals surface area contributed by atoms with E-state index in [0.29, 0.717) is 6.54 Å². The highest BCUT2D eigenvalue weighted by Gasteiger charge is 2.24. The van der Waals surface area contributed by atoms with Gasteiger partial charge in [0.25, 0.3) is 0 Å². The Morgan fingerprint density at radius 2 is 1.67 bits per heavy atom. The van der Waals surface area contributed by atoms with Crippen molar-refractivity contribution in [2.75, 3.05) is 81.9 Å². The third kappa shape index (κ3) is 4.50. The monoisotopic (exact) mass is 374 g/mol. The smallest absolute Gasteiger partial charge is 0.236 e. The molecule has 0 radical (unpaired) electrons. The Morgan fingerprint density at radius 3 is 2.37 bits per heavy atom. The molecule has 0 aromatic carbocycles. The molecule has 0 saturated carbocycles. The SMILES string of the molecule is Cc1cc(N2CCN(CC(=O)N3CCCC3)CC2)nc(N2CCOCC2)n1. The Labute approximate surface area is 161 Å². The van der Waals surface area contributed by atoms with Crippen LogP contribution in [0.2, 0.25) is 0 Å². The Bertz CT molecular complexity index is 650. The lowest BCUT2D eigenvalue weighted by Crippen LogP contribution is -2.50. The molecule has 0 N–H and O–H groups in total. The van der Waals surface area contributed by atoms with Crippen LogP contribution in [0.1, 0.15) is 18.5 Å². The van der Waals surface area contributed by atoms with Crippen molar-refractivity contribution in [1.82, 2.24) is 19.8 Å². The summed E-state index contributed by atoms with van der Waals surface area (Å²) < 4.78 is 5.43. The summed E-state index contributed by atoms with van der Waals surface area (Å²) in [5.74, 6) is 2.09. The number of likely N-dealkylation sites (tertiary alicyclic amines) is 1. The van der Waals surface area contributed by atoms with Crippen LogP contribution in [0.15, 0.2) is 6.07 Å². The van der Waals surface area contributed by atoms with Gasteiger partial charge < -0.3 is 19.4 Å². The van der Waals surface area contributed by atoms with Gasteiger partial charge >= 0.3 is 0 Å². The quantitative estimate of drug-likeness (QED) is 0.754. The van der Waals surface area contributed by atoms with Gasteiger partial charge in [-0.05, 0) is 19.8 Å². The highest BCUT2D eigenvalue weighted by atomic mass is 16.5. The largest absolute Gasteiger partial charge is 0.378 e. The van der Waals surface area contributed by atoms with Gasteiger partial charge in [0.1, 0.15) is 5.82 Å². The van der Waals surface area contributed by atoms with Crippen LogP contribution < -0.4 is 9.80 Å². The molecule has 0 bridgehead atoms. The summed E-state index contributed by atoms with van der Waals surface area (Å²) in [5, 5.41) is 0. The van der Waals surface area contributed by atoms with Gasteiger partial charge in [-0.15, -0.1) is 0 Å². The zero-order valence-electron chi connectivity index (χ0n) is 16.3. The van der Waals surface area contributed by atoms with E-state index in [0.717, 1.165) is 95.9 Å². The summed E-state index contributed by atoms with van der Waals surface area (Å²) >= 11 is 0. The number of amides is 1. The number of ether oxygens (including phenoxy) is 1. The highest BCUT2D eigenvalue weighted by molar-refractivity contribution is 5.78. The minimum Gasteiger partial charge on any atom is -0.378 e. The van der Waals surface area contributed by atoms with Crippen molar-refractivity contribution in [3.05, 3.63) is 11.8 Å². The zero-order chi connectivity index (χ0) is 18.6. The first-order chi connectivity index (χ1) is 13.2. The van der Waals surface area contributed by atoms with Gasteiger partial charge in [0, 0.05) is 64.1 Å². The summed E-state index contributed by atoms with van der Waals surface area (Å²) in [6.07, 6.45) is 2.30. The molecule has 4 rings (SSSR count). The van der Waals surface area contributed by atoms with Crippen molar-refractivity contribution >= 4 is 17.7 Å². The maximum absolute atomic E-state index is 12.4. The lowest BCUT2D eigenvalue weighted by molar-refractivity contribution is -0.131. The Kier molecular flexibility index (Phi) is 5.73. The predicted octanol–water partition coefficient (Wildman–Crippen LogP) is 0.366. The van der Waals surface area contributed by atoms with Gasteiger partial charge in [-0.25, -0.2) is 4.98 Å². The van der Waals surface area contributed by atoms with Gasteiger partial charge in [-0.3, -0.25) is 9.69 Å². The summed E-state index contributed by atoms with van der Waals surface area (Å²) in [4.78, 5) is 30.6. The molecule has 0 atom stereocenters. The topological polar surface area (TPSA) is 65.0 Å². The first-order valence-electron chi connectivity index (χ1n) is 10.1. The van der Waals surface area contributed by atoms with Crippen molar-refractivity contribution in [2.45, 2.75) is 19.8 Å². The molecule has 148 valence electrons. The van der Waals surface area contributed by atoms with E-state index in [2.05, 4.69) is 25.8 Å². The number of piperazine rings is 1. The molecule has 8 heteroatoms. The van der Waals surface area contributed by atoms with Crippen LogP contribution in [0.4, 0.5) is 11.8 Å². The number of carbonyl (C=O) groups excluding carboxylic acids is 1. The molecule has 1 aromatic rings. The average molecular weight is 374 g/mol. The fourth-order valence-corrected chi connectivity index (χ4v) is 4.00. The lowest BCUT2D eigenvalue weighted by Gasteiger charge is -2.36. The normalized spacial score (nSPS) is 21.7. The predicted molar refractivity (Wildman–Crippen MR) is 104 cm³/mol. The second kappa shape index (κ2) is 8.39. The Hall–Kier alpha value is -1.93. The first kappa shape index (κ1) is 18.4. The Balaban J connectivity index is 1.34. The van der Waals surface area contributed by atoms with Gasteiger partial charge in [0.05, 0.1) is 19.8 Å². The molecule has 3 saturated heterocycles. The van der Waals surface area contributed by atoms with Gasteiger partial charge in [0.15, 0.2) is 0 Å². The van der Waals surface area contributed by atoms with Gasteiger partial charge in [-0.1, -0.05) is 0 Å². The maximum atomic E-state index is 12.4. The van der Waals surface area contributed by atoms with E-state index in [1.807, 2.05) is 11.8 Å². The van der Waals surface area contributed by atoms with Gasteiger partial charge in [-0.2, -0.15) is 4.98 Å². The fourth-order valence-electron chi connectivity index (χ4n) is 4.00. The Morgan fingerprint density at radius 1 is 0.963 bits per heavy atom. The second-order valence-electron chi connectivity index (χ2n) is 7.62. The number of aryl methyl sites for hydroxylation is 1. The third-order valence-electron chi connectivity index (χ3n) is 5.64. The summed E-state index contributed by atoms with van der Waals surface area (Å²) in [5.41, 5.74) is 0.994. The van der Waals surface area contributed by atoms with E-state index < -0.39 is 0 Å². The van der Waals surface area contributed by atoms with Crippen molar-refractivity contribution < 1.29 is 9.53 Å². The van der Waals surface area contributed by atoms with Crippen LogP contribution in [0.5, 0.6) is 0 Å². The van der Waals surface area contributed by atoms with E-state index >= 15 is 0 Å². The van der Waals surface area contributed by atoms with E-state index in [1.165, 1.54) is 0 Å². The number of aromatic nitrogens is 2. The molecule has 4 heterocycles. The molecule has 3 aliphatic heterocycles. The number of carbonyl (C=O) groups is 1. The van der Waals surface area contributed by atoms with Crippen LogP contribution in [0.25, 0.3) is 0 Å². The van der Waals surface area contributed by atoms with E-state index in [4.69, 9.17) is 9.72 Å². The highest BCUT2D eigenvalue weighted by Crippen LogP contribution is 2.20. The molecule has 0 unspecified atom stereocenters. The number of nitrogens with zero attached hydrogens (tertiary/aromatic N) is 6. The standard InChI is InChI=1S/C19H30N6O2/c1-16-14-17(21-19(20-16)25-10-12-27-13-11-25)23-8-6-22(7-9-23)15-18(26)24-4-2-3-5-24/h14H,2-13,15H2,1H3. The molecule has 1 aromatic heterocycles. The molecule has 0 aliphatic carbocycles. The minimum absolute atomic E-state index is 0.286. The number of anilines is 2. The maximum Gasteiger partial charge on any atom is 0.236 e. The number of morpholine rings is 1. The van der Waals surface area contributed by atoms with Crippen LogP contribution in [-0.4, -0.2) is 97.8 Å². The van der Waals surface area contributed by atoms with Crippen molar-refractivity contribution in [1.29, 1.82) is 0 Å². The number of hydrogen-bond acceptors (Lipinski definition) is 7. The zero-order valence-corrected chi connectivity index (χ0v) is 16.3. The minimum atomic E-state index is 0.286. The van der Waals surface area contributed by atoms with Crippen molar-refractivity contribution in [3.8, 4) is 0 Å². The lowest BCUT2D eigenvalue weighted by atomic mass is 10.3. The summed E-state index contributed by atoms with van der Waals surface area (Å²) in [6.45, 7) is 11.2. The molecular weight excluding hydrogens is 344 g/mol. The molecular formula is C19H30N6O2. The molecule has 0 spiro atoms. The van der Waals surface area contributed by atoms with Crippen LogP contribution in [0, 0.1) is 6.92 Å². The molecule has 27 heavy (non-hydrogen) atoms. The molecule has 3 fully saturated rings. The van der Waals surface area contributed by atoms with Gasteiger partial charge in [0.2, 0.25) is 11.9 Å². The van der Waals surface area contributed by atoms with Crippen LogP contribution >= 0.6 is 0 Å². The molecule has 8 nitrogen and oxygen atoms in total. The van der Waals surface area contributed by atoms with E-state index in [9.17, 15) is 4.79 Å². The van der Waals surface area contributed by atoms with Crippen LogP contribution in [-0.2, 0) is 9.53 Å². The van der Waals surface area contributed by atoms with Crippen molar-refractivity contribution in [2.24, 2.45) is 0 Å². The fraction of sp³-hybridized carbons (Fsp3) is 0.737. The second-order valence-corrected chi connectivity index (χ2v) is 7.62. The van der Waals surface area contributed by atoms with E-state index in [-0.39, 0.29) is 5.91 Å².